The second kappa shape index (κ2) is 9.87. The molecular weight excluding hydrogens is 497 g/mol. The van der Waals surface area contributed by atoms with E-state index >= 15 is 0 Å². The molecule has 1 heterocycles. The van der Waals surface area contributed by atoms with Crippen LogP contribution in [-0.2, 0) is 24.2 Å². The van der Waals surface area contributed by atoms with Crippen molar-refractivity contribution in [2.45, 2.75) is 31.9 Å². The third kappa shape index (κ3) is 5.66. The van der Waals surface area contributed by atoms with Crippen LogP contribution in [0.1, 0.15) is 34.0 Å². The monoisotopic (exact) mass is 517 g/mol. The van der Waals surface area contributed by atoms with Crippen LogP contribution in [0.15, 0.2) is 60.7 Å². The number of benzene rings is 3. The summed E-state index contributed by atoms with van der Waals surface area (Å²) in [4.78, 5) is 26.0. The Morgan fingerprint density at radius 2 is 1.68 bits per heavy atom. The zero-order chi connectivity index (χ0) is 24.5. The molecule has 1 atom stereocenters. The largest absolute Gasteiger partial charge is 0.487 e. The van der Waals surface area contributed by atoms with Gasteiger partial charge >= 0.3 is 5.97 Å². The van der Waals surface area contributed by atoms with Crippen molar-refractivity contribution in [3.05, 3.63) is 98.0 Å². The van der Waals surface area contributed by atoms with Gasteiger partial charge in [-0.3, -0.25) is 9.59 Å². The van der Waals surface area contributed by atoms with Crippen molar-refractivity contribution in [2.75, 3.05) is 6.54 Å². The number of nitrogens with zero attached hydrogens (tertiary/aromatic N) is 1. The van der Waals surface area contributed by atoms with E-state index in [1.165, 1.54) is 4.90 Å². The molecule has 1 N–H and O–H groups in total. The van der Waals surface area contributed by atoms with E-state index in [0.29, 0.717) is 39.0 Å². The summed E-state index contributed by atoms with van der Waals surface area (Å²) in [5.74, 6) is -0.765. The molecule has 0 saturated carbocycles. The lowest BCUT2D eigenvalue weighted by molar-refractivity contribution is -0.137. The molecule has 0 saturated heterocycles. The van der Waals surface area contributed by atoms with Gasteiger partial charge in [0.25, 0.3) is 5.91 Å². The van der Waals surface area contributed by atoms with Gasteiger partial charge in [-0.1, -0.05) is 53.0 Å². The topological polar surface area (TPSA) is 66.8 Å². The van der Waals surface area contributed by atoms with Crippen molar-refractivity contribution in [3.63, 3.8) is 0 Å². The minimum absolute atomic E-state index is 0.0872. The van der Waals surface area contributed by atoms with Gasteiger partial charge < -0.3 is 14.7 Å². The summed E-state index contributed by atoms with van der Waals surface area (Å²) in [6.45, 7) is 1.68. The number of carboxylic acid groups (broad SMARTS) is 1. The van der Waals surface area contributed by atoms with Gasteiger partial charge in [-0.2, -0.15) is 0 Å². The lowest BCUT2D eigenvalue weighted by Crippen LogP contribution is -2.35. The van der Waals surface area contributed by atoms with Gasteiger partial charge in [-0.15, -0.1) is 0 Å². The number of ether oxygens (including phenoxy) is 1. The van der Waals surface area contributed by atoms with Crippen LogP contribution in [0, 0.1) is 0 Å². The van der Waals surface area contributed by atoms with Crippen LogP contribution in [0.2, 0.25) is 15.1 Å². The number of halogens is 3. The summed E-state index contributed by atoms with van der Waals surface area (Å²) in [5, 5.41) is 10.8. The van der Waals surface area contributed by atoms with E-state index in [9.17, 15) is 14.7 Å². The minimum atomic E-state index is -1.10. The predicted molar refractivity (Wildman–Crippen MR) is 133 cm³/mol. The molecule has 0 spiro atoms. The zero-order valence-corrected chi connectivity index (χ0v) is 20.6. The maximum Gasteiger partial charge on any atom is 0.323 e. The molecule has 0 radical (unpaired) electrons. The Labute approximate surface area is 212 Å². The maximum absolute atomic E-state index is 13.3. The Kier molecular flexibility index (Phi) is 7.08. The van der Waals surface area contributed by atoms with Crippen molar-refractivity contribution in [2.24, 2.45) is 0 Å². The van der Waals surface area contributed by atoms with E-state index in [1.54, 1.807) is 36.4 Å². The molecule has 0 bridgehead atoms. The smallest absolute Gasteiger partial charge is 0.323 e. The summed E-state index contributed by atoms with van der Waals surface area (Å²) in [5.41, 5.74) is 2.64. The van der Waals surface area contributed by atoms with Crippen molar-refractivity contribution in [3.8, 4) is 5.75 Å². The van der Waals surface area contributed by atoms with Crippen molar-refractivity contribution in [1.29, 1.82) is 0 Å². The average molecular weight is 519 g/mol. The lowest BCUT2D eigenvalue weighted by Gasteiger charge is -2.24. The summed E-state index contributed by atoms with van der Waals surface area (Å²) in [6, 6.07) is 17.8. The van der Waals surface area contributed by atoms with E-state index in [4.69, 9.17) is 39.5 Å². The molecule has 34 heavy (non-hydrogen) atoms. The fourth-order valence-electron chi connectivity index (χ4n) is 4.19. The molecule has 0 aliphatic carbocycles. The van der Waals surface area contributed by atoms with Crippen molar-refractivity contribution >= 4 is 46.7 Å². The van der Waals surface area contributed by atoms with E-state index in [0.717, 1.165) is 16.9 Å². The van der Waals surface area contributed by atoms with Crippen molar-refractivity contribution < 1.29 is 19.4 Å². The quantitative estimate of drug-likeness (QED) is 0.398. The number of fused-ring (bicyclic) bond motifs is 1. The maximum atomic E-state index is 13.3. The van der Waals surface area contributed by atoms with Gasteiger partial charge in [0.2, 0.25) is 0 Å². The first-order valence-corrected chi connectivity index (χ1v) is 11.8. The van der Waals surface area contributed by atoms with Gasteiger partial charge in [0, 0.05) is 30.0 Å². The van der Waals surface area contributed by atoms with Gasteiger partial charge in [0.05, 0.1) is 10.0 Å². The standard InChI is InChI=1S/C26H22Cl3NO4/c1-26(12-16-2-6-20(27)7-3-16)13-19-11-18(5-9-23(19)34-26)25(33)30(15-24(31)32)14-17-4-8-21(28)22(29)10-17/h2-11H,12-15H2,1H3,(H,31,32). The number of carbonyl (C=O) groups is 2. The molecule has 1 aliphatic rings. The number of amides is 1. The normalized spacial score (nSPS) is 16.6. The average Bonchev–Trinajstić information content (AvgIpc) is 3.11. The van der Waals surface area contributed by atoms with E-state index in [-0.39, 0.29) is 12.5 Å². The summed E-state index contributed by atoms with van der Waals surface area (Å²) in [7, 11) is 0. The number of carboxylic acids is 1. The Balaban J connectivity index is 1.53. The first-order chi connectivity index (χ1) is 16.1. The summed E-state index contributed by atoms with van der Waals surface area (Å²) >= 11 is 18.0. The van der Waals surface area contributed by atoms with E-state index in [1.807, 2.05) is 31.2 Å². The second-order valence-corrected chi connectivity index (χ2v) is 9.91. The molecule has 4 rings (SSSR count). The highest BCUT2D eigenvalue weighted by molar-refractivity contribution is 6.42. The molecular formula is C26H22Cl3NO4. The van der Waals surface area contributed by atoms with Gasteiger partial charge in [0.1, 0.15) is 17.9 Å². The molecule has 176 valence electrons. The number of hydrogen-bond donors (Lipinski definition) is 1. The Bertz CT molecular complexity index is 1250. The van der Waals surface area contributed by atoms with Crippen LogP contribution in [-0.4, -0.2) is 34.0 Å². The number of carbonyl (C=O) groups excluding carboxylic acids is 1. The third-order valence-electron chi connectivity index (χ3n) is 5.69. The molecule has 0 fully saturated rings. The van der Waals surface area contributed by atoms with Crippen LogP contribution in [0.4, 0.5) is 0 Å². The third-order valence-corrected chi connectivity index (χ3v) is 6.68. The van der Waals surface area contributed by atoms with Crippen LogP contribution in [0.25, 0.3) is 0 Å². The molecule has 3 aromatic carbocycles. The second-order valence-electron chi connectivity index (χ2n) is 8.66. The lowest BCUT2D eigenvalue weighted by atomic mass is 9.91. The number of rotatable bonds is 7. The fraction of sp³-hybridized carbons (Fsp3) is 0.231. The zero-order valence-electron chi connectivity index (χ0n) is 18.4. The molecule has 8 heteroatoms. The molecule has 3 aromatic rings. The molecule has 1 aliphatic heterocycles. The van der Waals surface area contributed by atoms with Gasteiger partial charge in [-0.05, 0) is 66.1 Å². The SMILES string of the molecule is CC1(Cc2ccc(Cl)cc2)Cc2cc(C(=O)N(CC(=O)O)Cc3ccc(Cl)c(Cl)c3)ccc2O1. The van der Waals surface area contributed by atoms with Gasteiger partial charge in [0.15, 0.2) is 0 Å². The first kappa shape index (κ1) is 24.4. The van der Waals surface area contributed by atoms with Crippen LogP contribution in [0.3, 0.4) is 0 Å². The number of hydrogen-bond acceptors (Lipinski definition) is 3. The molecule has 0 aromatic heterocycles. The summed E-state index contributed by atoms with van der Waals surface area (Å²) in [6.07, 6.45) is 1.31. The van der Waals surface area contributed by atoms with Gasteiger partial charge in [-0.25, -0.2) is 0 Å². The van der Waals surface area contributed by atoms with Crippen LogP contribution < -0.4 is 4.74 Å². The molecule has 1 unspecified atom stereocenters. The molecule has 1 amide bonds. The highest BCUT2D eigenvalue weighted by Crippen LogP contribution is 2.38. The van der Waals surface area contributed by atoms with Crippen molar-refractivity contribution in [1.82, 2.24) is 4.90 Å². The Morgan fingerprint density at radius 1 is 0.971 bits per heavy atom. The predicted octanol–water partition coefficient (Wildman–Crippen LogP) is 6.31. The highest BCUT2D eigenvalue weighted by atomic mass is 35.5. The Morgan fingerprint density at radius 3 is 2.35 bits per heavy atom. The minimum Gasteiger partial charge on any atom is -0.487 e. The number of aliphatic carboxylic acids is 1. The summed E-state index contributed by atoms with van der Waals surface area (Å²) < 4.78 is 6.23. The van der Waals surface area contributed by atoms with Crippen LogP contribution >= 0.6 is 34.8 Å². The van der Waals surface area contributed by atoms with Crippen LogP contribution in [0.5, 0.6) is 5.75 Å². The fourth-order valence-corrected chi connectivity index (χ4v) is 4.64. The molecule has 5 nitrogen and oxygen atoms in total. The highest BCUT2D eigenvalue weighted by Gasteiger charge is 2.35. The Hall–Kier alpha value is -2.73. The first-order valence-electron chi connectivity index (χ1n) is 10.6. The van der Waals surface area contributed by atoms with E-state index in [2.05, 4.69) is 0 Å². The van der Waals surface area contributed by atoms with E-state index < -0.39 is 18.1 Å².